The quantitative estimate of drug-likeness (QED) is 0.826. The molecule has 1 nitrogen and oxygen atoms in total. The lowest BCUT2D eigenvalue weighted by atomic mass is 10.0. The third-order valence-electron chi connectivity index (χ3n) is 2.23. The predicted molar refractivity (Wildman–Crippen MR) is 54.3 cm³/mol. The number of rotatable bonds is 3. The Morgan fingerprint density at radius 3 is 1.88 bits per heavy atom. The average Bonchev–Trinajstić information content (AvgIpc) is 2.20. The molecular weight excluding hydrogens is 265 g/mol. The second kappa shape index (κ2) is 4.78. The Bertz CT molecular complexity index is 373. The van der Waals surface area contributed by atoms with Gasteiger partial charge in [-0.2, -0.15) is 22.0 Å². The summed E-state index contributed by atoms with van der Waals surface area (Å²) >= 11 is 5.53. The maximum absolute atomic E-state index is 13.2. The summed E-state index contributed by atoms with van der Waals surface area (Å²) in [4.78, 5) is 0. The maximum Gasteiger partial charge on any atom is 0.455 e. The molecule has 0 saturated carbocycles. The minimum atomic E-state index is -5.61. The lowest BCUT2D eigenvalue weighted by Crippen LogP contribution is -2.47. The van der Waals surface area contributed by atoms with Gasteiger partial charge in [-0.05, 0) is 24.7 Å². The van der Waals surface area contributed by atoms with E-state index in [0.717, 1.165) is 19.2 Å². The lowest BCUT2D eigenvalue weighted by molar-refractivity contribution is -0.293. The number of benzene rings is 1. The van der Waals surface area contributed by atoms with E-state index < -0.39 is 18.1 Å². The molecule has 0 aliphatic rings. The fourth-order valence-electron chi connectivity index (χ4n) is 1.38. The SMILES string of the molecule is CNC(c1ccc(Cl)cc1)C(F)(F)C(F)(F)F. The highest BCUT2D eigenvalue weighted by molar-refractivity contribution is 6.30. The van der Waals surface area contributed by atoms with Gasteiger partial charge in [-0.1, -0.05) is 23.7 Å². The van der Waals surface area contributed by atoms with Crippen LogP contribution in [0.2, 0.25) is 5.02 Å². The zero-order valence-corrected chi connectivity index (χ0v) is 9.41. The van der Waals surface area contributed by atoms with Crippen molar-refractivity contribution in [2.24, 2.45) is 0 Å². The van der Waals surface area contributed by atoms with Gasteiger partial charge in [-0.25, -0.2) is 0 Å². The second-order valence-electron chi connectivity index (χ2n) is 3.39. The summed E-state index contributed by atoms with van der Waals surface area (Å²) < 4.78 is 63.0. The van der Waals surface area contributed by atoms with Crippen LogP contribution in [0.4, 0.5) is 22.0 Å². The van der Waals surface area contributed by atoms with Crippen molar-refractivity contribution in [3.8, 4) is 0 Å². The Morgan fingerprint density at radius 2 is 1.53 bits per heavy atom. The molecule has 0 amide bonds. The van der Waals surface area contributed by atoms with E-state index in [1.807, 2.05) is 5.32 Å². The second-order valence-corrected chi connectivity index (χ2v) is 3.83. The maximum atomic E-state index is 13.2. The van der Waals surface area contributed by atoms with Crippen LogP contribution in [0.1, 0.15) is 11.6 Å². The van der Waals surface area contributed by atoms with Gasteiger partial charge < -0.3 is 5.32 Å². The van der Waals surface area contributed by atoms with Crippen LogP contribution in [-0.4, -0.2) is 19.1 Å². The van der Waals surface area contributed by atoms with Crippen LogP contribution >= 0.6 is 11.6 Å². The van der Waals surface area contributed by atoms with Gasteiger partial charge >= 0.3 is 12.1 Å². The van der Waals surface area contributed by atoms with Crippen LogP contribution in [0.15, 0.2) is 24.3 Å². The summed E-state index contributed by atoms with van der Waals surface area (Å²) in [7, 11) is 1.04. The molecule has 0 aliphatic carbocycles. The van der Waals surface area contributed by atoms with E-state index in [4.69, 9.17) is 11.6 Å². The first-order chi connectivity index (χ1) is 7.70. The summed E-state index contributed by atoms with van der Waals surface area (Å²) in [6.07, 6.45) is -5.61. The van der Waals surface area contributed by atoms with Crippen LogP contribution in [-0.2, 0) is 0 Å². The molecule has 1 unspecified atom stereocenters. The molecule has 0 aromatic heterocycles. The van der Waals surface area contributed by atoms with Gasteiger partial charge in [0.2, 0.25) is 0 Å². The van der Waals surface area contributed by atoms with E-state index in [-0.39, 0.29) is 10.6 Å². The molecule has 0 radical (unpaired) electrons. The highest BCUT2D eigenvalue weighted by atomic mass is 35.5. The van der Waals surface area contributed by atoms with Gasteiger partial charge in [0.1, 0.15) is 6.04 Å². The summed E-state index contributed by atoms with van der Waals surface area (Å²) in [5, 5.41) is 2.23. The van der Waals surface area contributed by atoms with Gasteiger partial charge in [0.15, 0.2) is 0 Å². The van der Waals surface area contributed by atoms with E-state index in [1.165, 1.54) is 12.1 Å². The molecule has 1 N–H and O–H groups in total. The van der Waals surface area contributed by atoms with Crippen molar-refractivity contribution in [3.63, 3.8) is 0 Å². The van der Waals surface area contributed by atoms with Crippen molar-refractivity contribution in [2.45, 2.75) is 18.1 Å². The van der Waals surface area contributed by atoms with E-state index in [0.29, 0.717) is 0 Å². The zero-order valence-electron chi connectivity index (χ0n) is 8.65. The van der Waals surface area contributed by atoms with Gasteiger partial charge in [0.25, 0.3) is 0 Å². The van der Waals surface area contributed by atoms with Crippen LogP contribution in [0, 0.1) is 0 Å². The van der Waals surface area contributed by atoms with E-state index in [1.54, 1.807) is 0 Å². The van der Waals surface area contributed by atoms with Crippen molar-refractivity contribution in [1.29, 1.82) is 0 Å². The molecule has 0 saturated heterocycles. The topological polar surface area (TPSA) is 12.0 Å². The van der Waals surface area contributed by atoms with Gasteiger partial charge in [0, 0.05) is 5.02 Å². The molecule has 1 aromatic carbocycles. The van der Waals surface area contributed by atoms with Crippen molar-refractivity contribution in [2.75, 3.05) is 7.05 Å². The van der Waals surface area contributed by atoms with Crippen molar-refractivity contribution in [3.05, 3.63) is 34.9 Å². The Kier molecular flexibility index (Phi) is 3.99. The highest BCUT2D eigenvalue weighted by Crippen LogP contribution is 2.44. The van der Waals surface area contributed by atoms with Crippen LogP contribution in [0.5, 0.6) is 0 Å². The number of hydrogen-bond donors (Lipinski definition) is 1. The summed E-state index contributed by atoms with van der Waals surface area (Å²) in [5.74, 6) is -4.85. The molecule has 1 rings (SSSR count). The molecule has 0 heterocycles. The molecular formula is C10H9ClF5N. The smallest absolute Gasteiger partial charge is 0.308 e. The molecule has 1 atom stereocenters. The number of alkyl halides is 5. The molecule has 0 spiro atoms. The van der Waals surface area contributed by atoms with Gasteiger partial charge in [-0.3, -0.25) is 0 Å². The van der Waals surface area contributed by atoms with Crippen molar-refractivity contribution >= 4 is 11.6 Å². The summed E-state index contributed by atoms with van der Waals surface area (Å²) in [6.45, 7) is 0. The number of halogens is 6. The number of nitrogens with one attached hydrogen (secondary N) is 1. The number of hydrogen-bond acceptors (Lipinski definition) is 1. The first kappa shape index (κ1) is 14.2. The molecule has 0 aliphatic heterocycles. The molecule has 96 valence electrons. The third-order valence-corrected chi connectivity index (χ3v) is 2.48. The average molecular weight is 274 g/mol. The van der Waals surface area contributed by atoms with Crippen molar-refractivity contribution < 1.29 is 22.0 Å². The van der Waals surface area contributed by atoms with Crippen LogP contribution in [0.25, 0.3) is 0 Å². The molecule has 17 heavy (non-hydrogen) atoms. The fourth-order valence-corrected chi connectivity index (χ4v) is 1.50. The first-order valence-corrected chi connectivity index (χ1v) is 4.95. The van der Waals surface area contributed by atoms with Crippen molar-refractivity contribution in [1.82, 2.24) is 5.32 Å². The monoisotopic (exact) mass is 273 g/mol. The van der Waals surface area contributed by atoms with E-state index in [9.17, 15) is 22.0 Å². The standard InChI is InChI=1S/C10H9ClF5N/c1-17-8(9(12,13)10(14,15)16)6-2-4-7(11)5-3-6/h2-5,8,17H,1H3. The summed E-state index contributed by atoms with van der Waals surface area (Å²) in [6, 6.07) is 2.63. The zero-order chi connectivity index (χ0) is 13.3. The first-order valence-electron chi connectivity index (χ1n) is 4.57. The summed E-state index contributed by atoms with van der Waals surface area (Å²) in [5.41, 5.74) is -0.181. The van der Waals surface area contributed by atoms with Gasteiger partial charge in [-0.15, -0.1) is 0 Å². The predicted octanol–water partition coefficient (Wildman–Crippen LogP) is 3.80. The van der Waals surface area contributed by atoms with Crippen LogP contribution < -0.4 is 5.32 Å². The Morgan fingerprint density at radius 1 is 1.06 bits per heavy atom. The Balaban J connectivity index is 3.11. The molecule has 1 aromatic rings. The lowest BCUT2D eigenvalue weighted by Gasteiger charge is -2.28. The largest absolute Gasteiger partial charge is 0.455 e. The molecule has 7 heteroatoms. The molecule has 0 bridgehead atoms. The minimum absolute atomic E-state index is 0.181. The van der Waals surface area contributed by atoms with E-state index in [2.05, 4.69) is 0 Å². The Hall–Kier alpha value is -0.880. The van der Waals surface area contributed by atoms with E-state index >= 15 is 0 Å². The molecule has 0 fully saturated rings. The third kappa shape index (κ3) is 2.87. The Labute approximate surface area is 99.6 Å². The van der Waals surface area contributed by atoms with Crippen LogP contribution in [0.3, 0.4) is 0 Å². The minimum Gasteiger partial charge on any atom is -0.308 e. The highest BCUT2D eigenvalue weighted by Gasteiger charge is 2.62. The van der Waals surface area contributed by atoms with Gasteiger partial charge in [0.05, 0.1) is 0 Å². The normalized spacial score (nSPS) is 14.8. The fraction of sp³-hybridized carbons (Fsp3) is 0.400.